The van der Waals surface area contributed by atoms with Crippen LogP contribution in [0.3, 0.4) is 0 Å². The van der Waals surface area contributed by atoms with Gasteiger partial charge in [-0.15, -0.1) is 24.0 Å². The second-order valence-electron chi connectivity index (χ2n) is 5.73. The molecule has 0 aliphatic heterocycles. The predicted molar refractivity (Wildman–Crippen MR) is 103 cm³/mol. The van der Waals surface area contributed by atoms with Crippen molar-refractivity contribution in [1.29, 1.82) is 0 Å². The SMILES string of the molecule is CN=C(NCCN(C(C)C)C(C)C)NCC(C)C(=O)OC.I. The lowest BCUT2D eigenvalue weighted by molar-refractivity contribution is -0.144. The van der Waals surface area contributed by atoms with Crippen molar-refractivity contribution < 1.29 is 9.53 Å². The highest BCUT2D eigenvalue weighted by Gasteiger charge is 2.14. The van der Waals surface area contributed by atoms with Crippen LogP contribution < -0.4 is 10.6 Å². The lowest BCUT2D eigenvalue weighted by atomic mass is 10.2. The Morgan fingerprint density at radius 1 is 1.14 bits per heavy atom. The molecule has 0 aliphatic carbocycles. The van der Waals surface area contributed by atoms with Crippen molar-refractivity contribution in [2.24, 2.45) is 10.9 Å². The van der Waals surface area contributed by atoms with E-state index in [2.05, 4.69) is 48.2 Å². The van der Waals surface area contributed by atoms with Crippen molar-refractivity contribution >= 4 is 35.9 Å². The third-order valence-corrected chi connectivity index (χ3v) is 3.39. The summed E-state index contributed by atoms with van der Waals surface area (Å²) in [7, 11) is 3.12. The smallest absolute Gasteiger partial charge is 0.310 e. The number of nitrogens with one attached hydrogen (secondary N) is 2. The zero-order valence-electron chi connectivity index (χ0n) is 15.0. The van der Waals surface area contributed by atoms with Crippen LogP contribution in [0.25, 0.3) is 0 Å². The number of methoxy groups -OCH3 is 1. The lowest BCUT2D eigenvalue weighted by Crippen LogP contribution is -2.46. The fourth-order valence-electron chi connectivity index (χ4n) is 2.17. The Morgan fingerprint density at radius 3 is 2.09 bits per heavy atom. The average Bonchev–Trinajstić information content (AvgIpc) is 2.44. The molecule has 6 nitrogen and oxygen atoms in total. The van der Waals surface area contributed by atoms with Gasteiger partial charge < -0.3 is 15.4 Å². The molecule has 0 aromatic heterocycles. The predicted octanol–water partition coefficient (Wildman–Crippen LogP) is 1.70. The summed E-state index contributed by atoms with van der Waals surface area (Å²) < 4.78 is 4.70. The summed E-state index contributed by atoms with van der Waals surface area (Å²) in [6, 6.07) is 1.03. The minimum atomic E-state index is -0.219. The molecule has 0 saturated heterocycles. The molecule has 0 aromatic rings. The zero-order valence-corrected chi connectivity index (χ0v) is 17.3. The van der Waals surface area contributed by atoms with Crippen LogP contribution in [0.15, 0.2) is 4.99 Å². The molecule has 0 saturated carbocycles. The number of halogens is 1. The molecule has 0 rings (SSSR count). The van der Waals surface area contributed by atoms with E-state index in [9.17, 15) is 4.79 Å². The second kappa shape index (κ2) is 12.9. The quantitative estimate of drug-likeness (QED) is 0.267. The first-order valence-electron chi connectivity index (χ1n) is 7.61. The van der Waals surface area contributed by atoms with E-state index >= 15 is 0 Å². The maximum Gasteiger partial charge on any atom is 0.310 e. The van der Waals surface area contributed by atoms with Crippen LogP contribution >= 0.6 is 24.0 Å². The number of nitrogens with zero attached hydrogens (tertiary/aromatic N) is 2. The summed E-state index contributed by atoms with van der Waals surface area (Å²) in [5.74, 6) is 0.290. The summed E-state index contributed by atoms with van der Waals surface area (Å²) >= 11 is 0. The van der Waals surface area contributed by atoms with Gasteiger partial charge in [0, 0.05) is 38.8 Å². The number of aliphatic imine (C=N–C) groups is 1. The minimum Gasteiger partial charge on any atom is -0.469 e. The molecule has 0 heterocycles. The Labute approximate surface area is 152 Å². The van der Waals surface area contributed by atoms with Crippen molar-refractivity contribution in [3.63, 3.8) is 0 Å². The minimum absolute atomic E-state index is 0. The molecule has 0 amide bonds. The zero-order chi connectivity index (χ0) is 16.4. The molecule has 0 aromatic carbocycles. The Bertz CT molecular complexity index is 328. The Balaban J connectivity index is 0. The van der Waals surface area contributed by atoms with Crippen molar-refractivity contribution in [2.45, 2.75) is 46.7 Å². The van der Waals surface area contributed by atoms with Crippen molar-refractivity contribution in [2.75, 3.05) is 33.8 Å². The first kappa shape index (κ1) is 23.7. The molecule has 0 bridgehead atoms. The standard InChI is InChI=1S/C15H32N4O2.HI/c1-11(2)19(12(3)4)9-8-17-15(16-6)18-10-13(5)14(20)21-7;/h11-13H,8-10H2,1-7H3,(H2,16,17,18);1H. The molecule has 22 heavy (non-hydrogen) atoms. The van der Waals surface area contributed by atoms with E-state index in [-0.39, 0.29) is 35.9 Å². The second-order valence-corrected chi connectivity index (χ2v) is 5.73. The van der Waals surface area contributed by atoms with Crippen molar-refractivity contribution in [1.82, 2.24) is 15.5 Å². The van der Waals surface area contributed by atoms with Crippen LogP contribution in [0.5, 0.6) is 0 Å². The number of ether oxygens (including phenoxy) is 1. The maximum absolute atomic E-state index is 11.3. The third-order valence-electron chi connectivity index (χ3n) is 3.39. The molecule has 0 aliphatic rings. The van der Waals surface area contributed by atoms with Gasteiger partial charge in [-0.1, -0.05) is 6.92 Å². The summed E-state index contributed by atoms with van der Waals surface area (Å²) in [6.45, 7) is 12.9. The van der Waals surface area contributed by atoms with Crippen LogP contribution in [-0.4, -0.2) is 62.7 Å². The van der Waals surface area contributed by atoms with Gasteiger partial charge >= 0.3 is 5.97 Å². The van der Waals surface area contributed by atoms with E-state index in [1.54, 1.807) is 7.05 Å². The van der Waals surface area contributed by atoms with E-state index in [4.69, 9.17) is 4.74 Å². The first-order valence-corrected chi connectivity index (χ1v) is 7.61. The van der Waals surface area contributed by atoms with E-state index in [1.807, 2.05) is 6.92 Å². The number of rotatable bonds is 8. The average molecular weight is 428 g/mol. The van der Waals surface area contributed by atoms with E-state index < -0.39 is 0 Å². The van der Waals surface area contributed by atoms with Gasteiger partial charge in [0.05, 0.1) is 13.0 Å². The summed E-state index contributed by atoms with van der Waals surface area (Å²) in [5.41, 5.74) is 0. The number of guanidine groups is 1. The molecule has 7 heteroatoms. The van der Waals surface area contributed by atoms with Gasteiger partial charge in [0.1, 0.15) is 0 Å². The molecule has 1 unspecified atom stereocenters. The summed E-state index contributed by atoms with van der Waals surface area (Å²) in [5, 5.41) is 6.40. The maximum atomic E-state index is 11.3. The van der Waals surface area contributed by atoms with Crippen molar-refractivity contribution in [3.8, 4) is 0 Å². The number of carbonyl (C=O) groups is 1. The number of esters is 1. The fraction of sp³-hybridized carbons (Fsp3) is 0.867. The number of hydrogen-bond acceptors (Lipinski definition) is 4. The third kappa shape index (κ3) is 9.45. The molecule has 1 atom stereocenters. The largest absolute Gasteiger partial charge is 0.469 e. The number of hydrogen-bond donors (Lipinski definition) is 2. The topological polar surface area (TPSA) is 66.0 Å². The molecule has 132 valence electrons. The van der Waals surface area contributed by atoms with E-state index in [0.29, 0.717) is 24.6 Å². The van der Waals surface area contributed by atoms with Gasteiger partial charge in [0.2, 0.25) is 0 Å². The van der Waals surface area contributed by atoms with Crippen LogP contribution in [0.4, 0.5) is 0 Å². The van der Waals surface area contributed by atoms with E-state index in [0.717, 1.165) is 13.1 Å². The summed E-state index contributed by atoms with van der Waals surface area (Å²) in [6.07, 6.45) is 0. The van der Waals surface area contributed by atoms with Crippen molar-refractivity contribution in [3.05, 3.63) is 0 Å². The monoisotopic (exact) mass is 428 g/mol. The molecular formula is C15H33IN4O2. The normalized spacial score (nSPS) is 13.1. The molecule has 0 spiro atoms. The van der Waals surface area contributed by atoms with E-state index in [1.165, 1.54) is 7.11 Å². The molecule has 0 fully saturated rings. The summed E-state index contributed by atoms with van der Waals surface area (Å²) in [4.78, 5) is 17.9. The van der Waals surface area contributed by atoms with Gasteiger partial charge in [-0.3, -0.25) is 14.7 Å². The Morgan fingerprint density at radius 2 is 1.68 bits per heavy atom. The highest BCUT2D eigenvalue weighted by atomic mass is 127. The fourth-order valence-corrected chi connectivity index (χ4v) is 2.17. The van der Waals surface area contributed by atoms with Crippen LogP contribution in [0.1, 0.15) is 34.6 Å². The van der Waals surface area contributed by atoms with Crippen LogP contribution in [0.2, 0.25) is 0 Å². The molecular weight excluding hydrogens is 395 g/mol. The highest BCUT2D eigenvalue weighted by molar-refractivity contribution is 14.0. The Hall–Kier alpha value is -0.570. The van der Waals surface area contributed by atoms with Crippen LogP contribution in [-0.2, 0) is 9.53 Å². The Kier molecular flexibility index (Phi) is 13.9. The lowest BCUT2D eigenvalue weighted by Gasteiger charge is -2.30. The first-order chi connectivity index (χ1) is 9.83. The molecule has 2 N–H and O–H groups in total. The molecule has 0 radical (unpaired) electrons. The van der Waals surface area contributed by atoms with Gasteiger partial charge in [-0.2, -0.15) is 0 Å². The van der Waals surface area contributed by atoms with Gasteiger partial charge in [-0.05, 0) is 27.7 Å². The van der Waals surface area contributed by atoms with Crippen LogP contribution in [0, 0.1) is 5.92 Å². The highest BCUT2D eigenvalue weighted by Crippen LogP contribution is 2.03. The van der Waals surface area contributed by atoms with Gasteiger partial charge in [0.25, 0.3) is 0 Å². The van der Waals surface area contributed by atoms with Gasteiger partial charge in [0.15, 0.2) is 5.96 Å². The van der Waals surface area contributed by atoms with Gasteiger partial charge in [-0.25, -0.2) is 0 Å². The number of carbonyl (C=O) groups excluding carboxylic acids is 1.